The van der Waals surface area contributed by atoms with Crippen molar-refractivity contribution >= 4 is 55.6 Å². The summed E-state index contributed by atoms with van der Waals surface area (Å²) in [5.74, 6) is -2.97. The topological polar surface area (TPSA) is 141 Å². The van der Waals surface area contributed by atoms with Gasteiger partial charge in [0.05, 0.1) is 47.3 Å². The number of pyridine rings is 3. The molecular weight excluding hydrogens is 683 g/mol. The van der Waals surface area contributed by atoms with Crippen molar-refractivity contribution in [3.05, 3.63) is 76.3 Å². The minimum atomic E-state index is -4.13. The second kappa shape index (κ2) is 13.0. The molecule has 0 bridgehead atoms. The third kappa shape index (κ3) is 5.81. The van der Waals surface area contributed by atoms with E-state index in [1.165, 1.54) is 11.0 Å². The van der Waals surface area contributed by atoms with E-state index in [2.05, 4.69) is 21.8 Å². The number of fused-ring (bicyclic) bond motifs is 2. The third-order valence-electron chi connectivity index (χ3n) is 9.02. The number of H-pyrrole nitrogens is 1. The van der Waals surface area contributed by atoms with Crippen LogP contribution in [-0.4, -0.2) is 75.9 Å². The Morgan fingerprint density at radius 2 is 1.92 bits per heavy atom. The number of nitriles is 1. The van der Waals surface area contributed by atoms with Crippen molar-refractivity contribution in [3.63, 3.8) is 0 Å². The number of aromatic amines is 1. The number of piperazine rings is 1. The van der Waals surface area contributed by atoms with Crippen molar-refractivity contribution in [2.45, 2.75) is 51.0 Å². The Bertz CT molecular complexity index is 2450. The quantitative estimate of drug-likeness (QED) is 0.150. The zero-order valence-electron chi connectivity index (χ0n) is 28.1. The van der Waals surface area contributed by atoms with Gasteiger partial charge >= 0.3 is 0 Å². The molecule has 4 aromatic heterocycles. The van der Waals surface area contributed by atoms with Gasteiger partial charge in [0.2, 0.25) is 0 Å². The molecule has 50 heavy (non-hydrogen) atoms. The van der Waals surface area contributed by atoms with E-state index >= 15 is 4.39 Å². The maximum atomic E-state index is 16.7. The zero-order valence-corrected chi connectivity index (χ0v) is 29.7. The Kier molecular flexibility index (Phi) is 9.04. The number of amides is 1. The Balaban J connectivity index is 1.76. The van der Waals surface area contributed by atoms with Gasteiger partial charge in [-0.25, -0.2) is 22.2 Å². The highest BCUT2D eigenvalue weighted by molar-refractivity contribution is 7.91. The first-order valence-corrected chi connectivity index (χ1v) is 18.1. The predicted molar refractivity (Wildman–Crippen MR) is 190 cm³/mol. The van der Waals surface area contributed by atoms with E-state index < -0.39 is 33.4 Å². The van der Waals surface area contributed by atoms with Gasteiger partial charge in [-0.2, -0.15) is 10.4 Å². The summed E-state index contributed by atoms with van der Waals surface area (Å²) in [6.07, 6.45) is 4.11. The van der Waals surface area contributed by atoms with Crippen molar-refractivity contribution < 1.29 is 22.0 Å². The van der Waals surface area contributed by atoms with Gasteiger partial charge in [-0.05, 0) is 49.1 Å². The van der Waals surface area contributed by atoms with Crippen molar-refractivity contribution in [2.24, 2.45) is 0 Å². The average molecular weight is 717 g/mol. The monoisotopic (exact) mass is 716 g/mol. The number of nitrogens with zero attached hydrogens (tertiary/aromatic N) is 7. The molecular formula is C35H34F2N8O3S2. The highest BCUT2D eigenvalue weighted by Crippen LogP contribution is 2.42. The minimum Gasteiger partial charge on any atom is -0.366 e. The summed E-state index contributed by atoms with van der Waals surface area (Å²) >= 11 is 6.08. The number of rotatable bonds is 7. The fourth-order valence-corrected chi connectivity index (χ4v) is 8.49. The van der Waals surface area contributed by atoms with Gasteiger partial charge in [0.25, 0.3) is 5.91 Å². The third-order valence-corrected chi connectivity index (χ3v) is 10.7. The number of carbonyl (C=O) groups excluding carboxylic acids is 1. The van der Waals surface area contributed by atoms with Crippen LogP contribution >= 0.6 is 12.2 Å². The lowest BCUT2D eigenvalue weighted by atomic mass is 9.99. The fraction of sp³-hybridized carbons (Fsp3) is 0.314. The molecule has 0 unspecified atom stereocenters. The van der Waals surface area contributed by atoms with E-state index in [1.807, 2.05) is 45.9 Å². The van der Waals surface area contributed by atoms with Gasteiger partial charge in [0.1, 0.15) is 26.7 Å². The molecule has 1 fully saturated rings. The molecule has 1 amide bonds. The van der Waals surface area contributed by atoms with Gasteiger partial charge in [-0.3, -0.25) is 19.4 Å². The molecule has 258 valence electrons. The molecule has 1 atom stereocenters. The van der Waals surface area contributed by atoms with Crippen LogP contribution in [0.2, 0.25) is 0 Å². The Labute approximate surface area is 292 Å². The van der Waals surface area contributed by atoms with E-state index in [0.717, 1.165) is 17.4 Å². The van der Waals surface area contributed by atoms with Crippen LogP contribution in [0, 0.1) is 35.6 Å². The van der Waals surface area contributed by atoms with Crippen molar-refractivity contribution in [3.8, 4) is 23.0 Å². The molecule has 5 aromatic rings. The van der Waals surface area contributed by atoms with Gasteiger partial charge < -0.3 is 9.80 Å². The number of nitrogens with one attached hydrogen (secondary N) is 1. The molecule has 1 aliphatic heterocycles. The molecule has 6 rings (SSSR count). The number of hydrogen-bond acceptors (Lipinski definition) is 9. The zero-order chi connectivity index (χ0) is 36.2. The highest BCUT2D eigenvalue weighted by atomic mass is 32.2. The molecule has 5 heterocycles. The summed E-state index contributed by atoms with van der Waals surface area (Å²) in [6.45, 7) is 10.6. The first-order valence-electron chi connectivity index (χ1n) is 15.8. The second-order valence-corrected chi connectivity index (χ2v) is 15.1. The van der Waals surface area contributed by atoms with Crippen molar-refractivity contribution in [1.82, 2.24) is 29.6 Å². The number of halogens is 2. The molecule has 0 spiro atoms. The Hall–Kier alpha value is -5.07. The number of aromatic nitrogens is 5. The lowest BCUT2D eigenvalue weighted by molar-refractivity contribution is -0.131. The molecule has 11 nitrogen and oxygen atoms in total. The molecule has 1 aromatic carbocycles. The largest absolute Gasteiger partial charge is 0.366 e. The van der Waals surface area contributed by atoms with Crippen LogP contribution < -0.4 is 4.90 Å². The van der Waals surface area contributed by atoms with E-state index in [4.69, 9.17) is 17.2 Å². The van der Waals surface area contributed by atoms with E-state index in [9.17, 15) is 22.9 Å². The van der Waals surface area contributed by atoms with Crippen molar-refractivity contribution in [2.75, 3.05) is 30.8 Å². The van der Waals surface area contributed by atoms with E-state index in [1.54, 1.807) is 27.9 Å². The van der Waals surface area contributed by atoms with Crippen molar-refractivity contribution in [1.29, 1.82) is 5.26 Å². The molecule has 1 saturated heterocycles. The average Bonchev–Trinajstić information content (AvgIpc) is 3.53. The molecule has 0 saturated carbocycles. The van der Waals surface area contributed by atoms with Crippen LogP contribution in [-0.2, 0) is 14.6 Å². The summed E-state index contributed by atoms with van der Waals surface area (Å²) in [7, 11) is -4.13. The maximum Gasteiger partial charge on any atom is 0.282 e. The van der Waals surface area contributed by atoms with Crippen LogP contribution in [0.3, 0.4) is 0 Å². The normalized spacial score (nSPS) is 15.2. The van der Waals surface area contributed by atoms with Gasteiger partial charge in [0.15, 0.2) is 15.7 Å². The first kappa shape index (κ1) is 34.8. The summed E-state index contributed by atoms with van der Waals surface area (Å²) in [4.78, 5) is 24.9. The van der Waals surface area contributed by atoms with Crippen LogP contribution in [0.4, 0.5) is 14.5 Å². The standard InChI is InChI=1S/C35H34F2N8O3S2/c1-18(2)28-30(20(4)10-12-39-28)45-33-23(15-25(37)29(41-33)27-19(3)7-8-26-24(27)16-40-42-26)31(32(35(45)49)50(6,47)48)43-13-14-44(34(46)21(5)36)22(17-43)9-11-38/h7-8,10,12,15-16,18,22H,5,9,13-14,17H2,1-4,6H3,(H,40,42)/t22-/m0/s1. The maximum absolute atomic E-state index is 16.7. The molecule has 1 N–H and O–H groups in total. The number of hydrogen-bond donors (Lipinski definition) is 1. The van der Waals surface area contributed by atoms with Crippen LogP contribution in [0.1, 0.15) is 43.0 Å². The lowest BCUT2D eigenvalue weighted by Crippen LogP contribution is -2.55. The highest BCUT2D eigenvalue weighted by Gasteiger charge is 2.36. The van der Waals surface area contributed by atoms with Crippen LogP contribution in [0.5, 0.6) is 0 Å². The lowest BCUT2D eigenvalue weighted by Gasteiger charge is -2.42. The first-order chi connectivity index (χ1) is 23.6. The minimum absolute atomic E-state index is 0.00933. The van der Waals surface area contributed by atoms with E-state index in [-0.39, 0.29) is 63.9 Å². The fourth-order valence-electron chi connectivity index (χ4n) is 6.76. The predicted octanol–water partition coefficient (Wildman–Crippen LogP) is 6.39. The summed E-state index contributed by atoms with van der Waals surface area (Å²) in [5, 5.41) is 17.5. The number of anilines is 1. The number of benzene rings is 1. The van der Waals surface area contributed by atoms with Crippen LogP contribution in [0.15, 0.2) is 54.0 Å². The van der Waals surface area contributed by atoms with Gasteiger partial charge in [-0.1, -0.05) is 38.7 Å². The van der Waals surface area contributed by atoms with Crippen LogP contribution in [0.25, 0.3) is 38.9 Å². The molecule has 15 heteroatoms. The summed E-state index contributed by atoms with van der Waals surface area (Å²) in [6, 6.07) is 7.91. The summed E-state index contributed by atoms with van der Waals surface area (Å²) < 4.78 is 59.9. The number of carbonyl (C=O) groups is 1. The molecule has 1 aliphatic rings. The van der Waals surface area contributed by atoms with Gasteiger partial charge in [0, 0.05) is 48.4 Å². The van der Waals surface area contributed by atoms with Gasteiger partial charge in [-0.15, -0.1) is 0 Å². The number of sulfone groups is 1. The Morgan fingerprint density at radius 3 is 2.58 bits per heavy atom. The summed E-state index contributed by atoms with van der Waals surface area (Å²) in [5.41, 5.74) is 4.07. The SMILES string of the molecule is C=C(F)C(=O)N1CCN(c2c(S(C)(=O)=O)c(=S)n(-c3c(C)ccnc3C(C)C)c3nc(-c4c(C)ccc5[nH]ncc45)c(F)cc23)C[C@@H]1CC#N. The second-order valence-electron chi connectivity index (χ2n) is 12.8. The molecule has 0 aliphatic carbocycles. The molecule has 0 radical (unpaired) electrons. The Morgan fingerprint density at radius 1 is 1.18 bits per heavy atom. The number of aryl methyl sites for hydroxylation is 2. The van der Waals surface area contributed by atoms with E-state index in [0.29, 0.717) is 27.8 Å². The smallest absolute Gasteiger partial charge is 0.282 e.